The molecule has 0 fully saturated rings. The van der Waals surface area contributed by atoms with Crippen LogP contribution in [0.3, 0.4) is 0 Å². The van der Waals surface area contributed by atoms with Gasteiger partial charge in [-0.1, -0.05) is 18.2 Å². The molecular formula is C18H21N3O2S. The lowest BCUT2D eigenvalue weighted by Crippen LogP contribution is -2.07. The lowest BCUT2D eigenvalue weighted by atomic mass is 10.1. The molecule has 0 spiro atoms. The molecule has 6 heteroatoms. The number of aryl methyl sites for hydroxylation is 1. The van der Waals surface area contributed by atoms with E-state index in [-0.39, 0.29) is 0 Å². The molecule has 1 heterocycles. The number of hydrogen-bond donors (Lipinski definition) is 1. The second-order valence-corrected chi connectivity index (χ2v) is 8.03. The lowest BCUT2D eigenvalue weighted by Gasteiger charge is -2.14. The van der Waals surface area contributed by atoms with Crippen LogP contribution in [0, 0.1) is 0 Å². The third-order valence-electron chi connectivity index (χ3n) is 3.95. The fourth-order valence-electron chi connectivity index (χ4n) is 2.67. The molecule has 0 atom stereocenters. The zero-order valence-electron chi connectivity index (χ0n) is 13.9. The van der Waals surface area contributed by atoms with Crippen molar-refractivity contribution in [1.29, 1.82) is 0 Å². The minimum Gasteiger partial charge on any atom is -0.380 e. The number of sulfone groups is 1. The van der Waals surface area contributed by atoms with Crippen LogP contribution in [-0.2, 0) is 16.9 Å². The molecule has 1 aromatic heterocycles. The SMILES string of the molecule is Cn1cnc(-c2cc(S(C)(=O)=O)ccc2NCC2=CCCC=C2)c1. The van der Waals surface area contributed by atoms with Gasteiger partial charge in [-0.2, -0.15) is 0 Å². The Balaban J connectivity index is 1.95. The average molecular weight is 343 g/mol. The maximum atomic E-state index is 11.9. The number of aromatic nitrogens is 2. The van der Waals surface area contributed by atoms with E-state index in [9.17, 15) is 8.42 Å². The third-order valence-corrected chi connectivity index (χ3v) is 5.07. The summed E-state index contributed by atoms with van der Waals surface area (Å²) >= 11 is 0. The lowest BCUT2D eigenvalue weighted by molar-refractivity contribution is 0.602. The van der Waals surface area contributed by atoms with Crippen LogP contribution in [0.5, 0.6) is 0 Å². The Morgan fingerprint density at radius 1 is 1.29 bits per heavy atom. The van der Waals surface area contributed by atoms with Crippen molar-refractivity contribution in [2.75, 3.05) is 18.1 Å². The molecule has 0 radical (unpaired) electrons. The Kier molecular flexibility index (Phi) is 4.57. The van der Waals surface area contributed by atoms with Crippen LogP contribution < -0.4 is 5.32 Å². The van der Waals surface area contributed by atoms with Crippen molar-refractivity contribution in [3.63, 3.8) is 0 Å². The second kappa shape index (κ2) is 6.65. The summed E-state index contributed by atoms with van der Waals surface area (Å²) in [6, 6.07) is 5.13. The Labute approximate surface area is 142 Å². The number of nitrogens with one attached hydrogen (secondary N) is 1. The van der Waals surface area contributed by atoms with E-state index >= 15 is 0 Å². The number of rotatable bonds is 5. The minimum absolute atomic E-state index is 0.297. The van der Waals surface area contributed by atoms with E-state index in [0.717, 1.165) is 29.8 Å². The van der Waals surface area contributed by atoms with Gasteiger partial charge in [0, 0.05) is 37.3 Å². The molecule has 0 bridgehead atoms. The van der Waals surface area contributed by atoms with E-state index in [4.69, 9.17) is 0 Å². The highest BCUT2D eigenvalue weighted by atomic mass is 32.2. The van der Waals surface area contributed by atoms with Gasteiger partial charge < -0.3 is 9.88 Å². The standard InChI is InChI=1S/C18H21N3O2S/c1-21-12-18(20-13-21)16-10-15(24(2,22)23)8-9-17(16)19-11-14-6-4-3-5-7-14/h4,6-10,12-13,19H,3,5,11H2,1-2H3. The van der Waals surface area contributed by atoms with Gasteiger partial charge in [-0.25, -0.2) is 13.4 Å². The van der Waals surface area contributed by atoms with E-state index in [0.29, 0.717) is 11.4 Å². The van der Waals surface area contributed by atoms with Crippen molar-refractivity contribution in [2.24, 2.45) is 7.05 Å². The smallest absolute Gasteiger partial charge is 0.175 e. The molecule has 3 rings (SSSR count). The Bertz CT molecular complexity index is 908. The number of allylic oxidation sites excluding steroid dienone is 2. The highest BCUT2D eigenvalue weighted by Gasteiger charge is 2.14. The van der Waals surface area contributed by atoms with Gasteiger partial charge in [0.15, 0.2) is 9.84 Å². The first-order chi connectivity index (χ1) is 11.4. The molecule has 1 aromatic carbocycles. The largest absolute Gasteiger partial charge is 0.380 e. The quantitative estimate of drug-likeness (QED) is 0.906. The summed E-state index contributed by atoms with van der Waals surface area (Å²) < 4.78 is 25.6. The van der Waals surface area contributed by atoms with Gasteiger partial charge in [0.05, 0.1) is 16.9 Å². The highest BCUT2D eigenvalue weighted by molar-refractivity contribution is 7.90. The predicted molar refractivity (Wildman–Crippen MR) is 96.7 cm³/mol. The van der Waals surface area contributed by atoms with E-state index in [1.165, 1.54) is 11.8 Å². The van der Waals surface area contributed by atoms with E-state index in [1.807, 2.05) is 23.9 Å². The summed E-state index contributed by atoms with van der Waals surface area (Å²) in [6.45, 7) is 0.703. The first-order valence-electron chi connectivity index (χ1n) is 7.85. The van der Waals surface area contributed by atoms with Crippen molar-refractivity contribution in [1.82, 2.24) is 9.55 Å². The van der Waals surface area contributed by atoms with E-state index in [2.05, 4.69) is 28.5 Å². The van der Waals surface area contributed by atoms with E-state index in [1.54, 1.807) is 18.5 Å². The number of imidazole rings is 1. The van der Waals surface area contributed by atoms with Gasteiger partial charge in [0.25, 0.3) is 0 Å². The van der Waals surface area contributed by atoms with Gasteiger partial charge in [0.2, 0.25) is 0 Å². The summed E-state index contributed by atoms with van der Waals surface area (Å²) in [4.78, 5) is 4.66. The second-order valence-electron chi connectivity index (χ2n) is 6.02. The summed E-state index contributed by atoms with van der Waals surface area (Å²) in [5.41, 5.74) is 3.65. The fourth-order valence-corrected chi connectivity index (χ4v) is 3.32. The number of nitrogens with zero attached hydrogens (tertiary/aromatic N) is 2. The normalized spacial score (nSPS) is 14.5. The maximum Gasteiger partial charge on any atom is 0.175 e. The Morgan fingerprint density at radius 3 is 2.75 bits per heavy atom. The third kappa shape index (κ3) is 3.76. The molecule has 0 aliphatic heterocycles. The summed E-state index contributed by atoms with van der Waals surface area (Å²) in [6.07, 6.45) is 13.5. The van der Waals surface area contributed by atoms with Gasteiger partial charge >= 0.3 is 0 Å². The Hall–Kier alpha value is -2.34. The molecule has 0 saturated carbocycles. The minimum atomic E-state index is -3.26. The van der Waals surface area contributed by atoms with Crippen molar-refractivity contribution in [2.45, 2.75) is 17.7 Å². The first kappa shape index (κ1) is 16.5. The molecule has 126 valence electrons. The summed E-state index contributed by atoms with van der Waals surface area (Å²) in [5.74, 6) is 0. The fraction of sp³-hybridized carbons (Fsp3) is 0.278. The van der Waals surface area contributed by atoms with Gasteiger partial charge in [-0.3, -0.25) is 0 Å². The van der Waals surface area contributed by atoms with Crippen LogP contribution in [0.2, 0.25) is 0 Å². The molecule has 1 N–H and O–H groups in total. The number of hydrogen-bond acceptors (Lipinski definition) is 4. The van der Waals surface area contributed by atoms with E-state index < -0.39 is 9.84 Å². The molecule has 1 aliphatic carbocycles. The monoisotopic (exact) mass is 343 g/mol. The zero-order valence-corrected chi connectivity index (χ0v) is 14.7. The van der Waals surface area contributed by atoms with Crippen molar-refractivity contribution < 1.29 is 8.42 Å². The van der Waals surface area contributed by atoms with Crippen molar-refractivity contribution in [3.05, 3.63) is 54.5 Å². The molecular weight excluding hydrogens is 322 g/mol. The van der Waals surface area contributed by atoms with Gasteiger partial charge in [-0.15, -0.1) is 0 Å². The van der Waals surface area contributed by atoms with Gasteiger partial charge in [-0.05, 0) is 36.6 Å². The van der Waals surface area contributed by atoms with Crippen LogP contribution >= 0.6 is 0 Å². The van der Waals surface area contributed by atoms with Crippen LogP contribution in [-0.4, -0.2) is 30.8 Å². The highest BCUT2D eigenvalue weighted by Crippen LogP contribution is 2.30. The molecule has 0 saturated heterocycles. The topological polar surface area (TPSA) is 64.0 Å². The number of anilines is 1. The van der Waals surface area contributed by atoms with Crippen LogP contribution in [0.4, 0.5) is 5.69 Å². The van der Waals surface area contributed by atoms with Crippen molar-refractivity contribution >= 4 is 15.5 Å². The van der Waals surface area contributed by atoms with Gasteiger partial charge in [0.1, 0.15) is 0 Å². The molecule has 24 heavy (non-hydrogen) atoms. The average Bonchev–Trinajstić information content (AvgIpc) is 2.99. The molecule has 0 amide bonds. The molecule has 0 unspecified atom stereocenters. The predicted octanol–water partition coefficient (Wildman–Crippen LogP) is 3.18. The van der Waals surface area contributed by atoms with Crippen LogP contribution in [0.15, 0.2) is 59.4 Å². The summed E-state index contributed by atoms with van der Waals surface area (Å²) in [5, 5.41) is 3.41. The molecule has 2 aromatic rings. The number of benzene rings is 1. The maximum absolute atomic E-state index is 11.9. The van der Waals surface area contributed by atoms with Crippen LogP contribution in [0.1, 0.15) is 12.8 Å². The molecule has 1 aliphatic rings. The van der Waals surface area contributed by atoms with Crippen LogP contribution in [0.25, 0.3) is 11.3 Å². The Morgan fingerprint density at radius 2 is 2.12 bits per heavy atom. The molecule has 5 nitrogen and oxygen atoms in total. The van der Waals surface area contributed by atoms with Crippen molar-refractivity contribution in [3.8, 4) is 11.3 Å². The summed E-state index contributed by atoms with van der Waals surface area (Å²) in [7, 11) is -1.37. The first-order valence-corrected chi connectivity index (χ1v) is 9.74. The zero-order chi connectivity index (χ0) is 17.2.